The molecule has 2 aromatic carbocycles. The predicted octanol–water partition coefficient (Wildman–Crippen LogP) is 5.11. The van der Waals surface area contributed by atoms with Crippen LogP contribution in [0.5, 0.6) is 11.5 Å². The van der Waals surface area contributed by atoms with Crippen LogP contribution in [0.2, 0.25) is 0 Å². The molecule has 1 aromatic heterocycles. The van der Waals surface area contributed by atoms with Crippen LogP contribution in [-0.4, -0.2) is 41.4 Å². The van der Waals surface area contributed by atoms with E-state index < -0.39 is 0 Å². The molecule has 1 N–H and O–H groups in total. The second-order valence-corrected chi connectivity index (χ2v) is 10.1. The largest absolute Gasteiger partial charge is 0.483 e. The average molecular weight is 473 g/mol. The van der Waals surface area contributed by atoms with E-state index in [2.05, 4.69) is 27.3 Å². The number of rotatable bonds is 6. The lowest BCUT2D eigenvalue weighted by atomic mass is 9.99. The Morgan fingerprint density at radius 3 is 2.57 bits per heavy atom. The third kappa shape index (κ3) is 5.39. The van der Waals surface area contributed by atoms with Crippen molar-refractivity contribution in [3.05, 3.63) is 60.2 Å². The van der Waals surface area contributed by atoms with E-state index in [-0.39, 0.29) is 18.1 Å². The zero-order valence-corrected chi connectivity index (χ0v) is 20.6. The fourth-order valence-electron chi connectivity index (χ4n) is 4.65. The van der Waals surface area contributed by atoms with Crippen molar-refractivity contribution in [2.45, 2.75) is 45.6 Å². The van der Waals surface area contributed by atoms with Crippen LogP contribution in [0.1, 0.15) is 39.2 Å². The SMILES string of the molecule is CC1CCN(c2ccc(-c3ccc(NC(=O)COc4cccc5c4OC(C)(C)C5)cc3)nn2)CC1. The van der Waals surface area contributed by atoms with E-state index in [0.717, 1.165) is 53.8 Å². The smallest absolute Gasteiger partial charge is 0.262 e. The monoisotopic (exact) mass is 472 g/mol. The average Bonchev–Trinajstić information content (AvgIpc) is 3.18. The Morgan fingerprint density at radius 2 is 1.86 bits per heavy atom. The van der Waals surface area contributed by atoms with Crippen LogP contribution in [0.15, 0.2) is 54.6 Å². The maximum absolute atomic E-state index is 12.5. The summed E-state index contributed by atoms with van der Waals surface area (Å²) < 4.78 is 11.8. The van der Waals surface area contributed by atoms with Crippen LogP contribution in [0.3, 0.4) is 0 Å². The lowest BCUT2D eigenvalue weighted by Gasteiger charge is -2.30. The number of aromatic nitrogens is 2. The van der Waals surface area contributed by atoms with E-state index in [1.54, 1.807) is 0 Å². The number of ether oxygens (including phenoxy) is 2. The van der Waals surface area contributed by atoms with Crippen molar-refractivity contribution < 1.29 is 14.3 Å². The summed E-state index contributed by atoms with van der Waals surface area (Å²) in [4.78, 5) is 14.8. The minimum atomic E-state index is -0.261. The molecular weight excluding hydrogens is 440 g/mol. The zero-order valence-electron chi connectivity index (χ0n) is 20.6. The Labute approximate surface area is 206 Å². The highest BCUT2D eigenvalue weighted by molar-refractivity contribution is 5.92. The van der Waals surface area contributed by atoms with Gasteiger partial charge in [0.1, 0.15) is 5.60 Å². The third-order valence-corrected chi connectivity index (χ3v) is 6.64. The summed E-state index contributed by atoms with van der Waals surface area (Å²) in [6.45, 7) is 8.36. The van der Waals surface area contributed by atoms with Gasteiger partial charge in [0.2, 0.25) is 0 Å². The number of hydrogen-bond acceptors (Lipinski definition) is 6. The van der Waals surface area contributed by atoms with Crippen LogP contribution < -0.4 is 19.7 Å². The van der Waals surface area contributed by atoms with Gasteiger partial charge in [-0.25, -0.2) is 0 Å². The van der Waals surface area contributed by atoms with E-state index in [4.69, 9.17) is 9.47 Å². The molecule has 0 radical (unpaired) electrons. The van der Waals surface area contributed by atoms with Gasteiger partial charge in [-0.2, -0.15) is 0 Å². The number of nitrogens with zero attached hydrogens (tertiary/aromatic N) is 3. The van der Waals surface area contributed by atoms with Crippen molar-refractivity contribution in [3.8, 4) is 22.8 Å². The third-order valence-electron chi connectivity index (χ3n) is 6.64. The minimum absolute atomic E-state index is 0.0930. The van der Waals surface area contributed by atoms with Crippen LogP contribution in [-0.2, 0) is 11.2 Å². The minimum Gasteiger partial charge on any atom is -0.483 e. The van der Waals surface area contributed by atoms with Gasteiger partial charge < -0.3 is 19.7 Å². The molecule has 5 rings (SSSR count). The summed E-state index contributed by atoms with van der Waals surface area (Å²) in [6.07, 6.45) is 3.21. The number of benzene rings is 2. The van der Waals surface area contributed by atoms with Crippen LogP contribution in [0, 0.1) is 5.92 Å². The number of hydrogen-bond donors (Lipinski definition) is 1. The molecule has 0 aliphatic carbocycles. The van der Waals surface area contributed by atoms with E-state index in [1.807, 2.05) is 68.4 Å². The molecule has 3 heterocycles. The number of para-hydroxylation sites is 1. The molecule has 0 saturated carbocycles. The number of carbonyl (C=O) groups is 1. The summed E-state index contributed by atoms with van der Waals surface area (Å²) in [7, 11) is 0. The number of amides is 1. The Morgan fingerprint density at radius 1 is 1.09 bits per heavy atom. The molecule has 1 amide bonds. The first-order chi connectivity index (χ1) is 16.9. The van der Waals surface area contributed by atoms with Gasteiger partial charge in [-0.1, -0.05) is 31.2 Å². The highest BCUT2D eigenvalue weighted by Crippen LogP contribution is 2.41. The van der Waals surface area contributed by atoms with Gasteiger partial charge >= 0.3 is 0 Å². The molecule has 0 atom stereocenters. The standard InChI is InChI=1S/C28H32N4O3/c1-19-13-15-32(16-14-19)25-12-11-23(30-31-25)20-7-9-22(10-8-20)29-26(33)18-34-24-6-4-5-21-17-28(2,3)35-27(21)24/h4-12,19H,13-18H2,1-3H3,(H,29,33). The molecule has 2 aliphatic rings. The van der Waals surface area contributed by atoms with Gasteiger partial charge in [-0.05, 0) is 62.9 Å². The second-order valence-electron chi connectivity index (χ2n) is 10.1. The number of piperidine rings is 1. The van der Waals surface area contributed by atoms with E-state index >= 15 is 0 Å². The fraction of sp³-hybridized carbons (Fsp3) is 0.393. The second kappa shape index (κ2) is 9.56. The van der Waals surface area contributed by atoms with Crippen LogP contribution >= 0.6 is 0 Å². The molecule has 3 aromatic rings. The maximum atomic E-state index is 12.5. The lowest BCUT2D eigenvalue weighted by Crippen LogP contribution is -2.33. The number of nitrogens with one attached hydrogen (secondary N) is 1. The molecule has 1 saturated heterocycles. The summed E-state index contributed by atoms with van der Waals surface area (Å²) in [5.74, 6) is 2.82. The predicted molar refractivity (Wildman–Crippen MR) is 137 cm³/mol. The normalized spacial score (nSPS) is 16.9. The quantitative estimate of drug-likeness (QED) is 0.537. The van der Waals surface area contributed by atoms with Crippen molar-refractivity contribution in [3.63, 3.8) is 0 Å². The van der Waals surface area contributed by atoms with E-state index in [9.17, 15) is 4.79 Å². The van der Waals surface area contributed by atoms with E-state index in [1.165, 1.54) is 12.8 Å². The molecule has 0 bridgehead atoms. The van der Waals surface area contributed by atoms with Crippen LogP contribution in [0.4, 0.5) is 11.5 Å². The molecule has 2 aliphatic heterocycles. The first-order valence-electron chi connectivity index (χ1n) is 12.3. The molecule has 182 valence electrons. The number of anilines is 2. The van der Waals surface area contributed by atoms with Crippen LogP contribution in [0.25, 0.3) is 11.3 Å². The summed E-state index contributed by atoms with van der Waals surface area (Å²) in [5, 5.41) is 11.7. The number of fused-ring (bicyclic) bond motifs is 1. The molecule has 7 heteroatoms. The lowest BCUT2D eigenvalue weighted by molar-refractivity contribution is -0.118. The van der Waals surface area contributed by atoms with Gasteiger partial charge in [-0.15, -0.1) is 10.2 Å². The fourth-order valence-corrected chi connectivity index (χ4v) is 4.65. The van der Waals surface area contributed by atoms with Crippen molar-refractivity contribution >= 4 is 17.4 Å². The Hall–Kier alpha value is -3.61. The molecule has 1 fully saturated rings. The van der Waals surface area contributed by atoms with Crippen molar-refractivity contribution in [2.24, 2.45) is 5.92 Å². The first-order valence-corrected chi connectivity index (χ1v) is 12.3. The van der Waals surface area contributed by atoms with E-state index in [0.29, 0.717) is 11.4 Å². The molecule has 35 heavy (non-hydrogen) atoms. The van der Waals surface area contributed by atoms with Gasteiger partial charge in [0.15, 0.2) is 23.9 Å². The molecule has 0 unspecified atom stereocenters. The van der Waals surface area contributed by atoms with Gasteiger partial charge in [0.05, 0.1) is 5.69 Å². The number of carbonyl (C=O) groups excluding carboxylic acids is 1. The highest BCUT2D eigenvalue weighted by atomic mass is 16.5. The molecule has 0 spiro atoms. The van der Waals surface area contributed by atoms with Gasteiger partial charge in [-0.3, -0.25) is 4.79 Å². The Bertz CT molecular complexity index is 1180. The topological polar surface area (TPSA) is 76.6 Å². The maximum Gasteiger partial charge on any atom is 0.262 e. The molecule has 7 nitrogen and oxygen atoms in total. The Balaban J connectivity index is 1.16. The highest BCUT2D eigenvalue weighted by Gasteiger charge is 2.32. The van der Waals surface area contributed by atoms with Crippen molar-refractivity contribution in [1.82, 2.24) is 10.2 Å². The summed E-state index contributed by atoms with van der Waals surface area (Å²) in [6, 6.07) is 17.4. The van der Waals surface area contributed by atoms with Gasteiger partial charge in [0.25, 0.3) is 5.91 Å². The summed E-state index contributed by atoms with van der Waals surface area (Å²) >= 11 is 0. The van der Waals surface area contributed by atoms with Crippen molar-refractivity contribution in [2.75, 3.05) is 29.9 Å². The summed E-state index contributed by atoms with van der Waals surface area (Å²) in [5.41, 5.74) is 3.30. The van der Waals surface area contributed by atoms with Crippen molar-refractivity contribution in [1.29, 1.82) is 0 Å². The van der Waals surface area contributed by atoms with Gasteiger partial charge in [0, 0.05) is 36.3 Å². The Kier molecular flexibility index (Phi) is 6.32. The molecular formula is C28H32N4O3. The first kappa shape index (κ1) is 23.1. The zero-order chi connectivity index (χ0) is 24.4.